The second-order valence-electron chi connectivity index (χ2n) is 2.48. The van der Waals surface area contributed by atoms with Crippen molar-refractivity contribution in [3.05, 3.63) is 27.4 Å². The number of nitrogens with one attached hydrogen (secondary N) is 1. The summed E-state index contributed by atoms with van der Waals surface area (Å²) >= 11 is 0. The Morgan fingerprint density at radius 2 is 2.33 bits per heavy atom. The fraction of sp³-hybridized carbons (Fsp3) is 0.333. The molecule has 1 rings (SSSR count). The summed E-state index contributed by atoms with van der Waals surface area (Å²) in [7, 11) is 0. The van der Waals surface area contributed by atoms with Crippen LogP contribution in [0.15, 0.2) is 4.79 Å². The van der Waals surface area contributed by atoms with Crippen molar-refractivity contribution in [2.45, 2.75) is 20.3 Å². The summed E-state index contributed by atoms with van der Waals surface area (Å²) in [6, 6.07) is 0. The van der Waals surface area contributed by atoms with Crippen LogP contribution >= 0.6 is 0 Å². The van der Waals surface area contributed by atoms with E-state index in [0.29, 0.717) is 23.5 Å². The van der Waals surface area contributed by atoms with Gasteiger partial charge < -0.3 is 4.98 Å². The molecular formula is C9H10N2O. The Morgan fingerprint density at radius 3 is 2.83 bits per heavy atom. The lowest BCUT2D eigenvalue weighted by atomic mass is 10.2. The molecule has 0 aliphatic heterocycles. The van der Waals surface area contributed by atoms with Gasteiger partial charge in [0.1, 0.15) is 11.5 Å². The number of H-pyrrole nitrogens is 1. The van der Waals surface area contributed by atoms with Crippen LogP contribution in [0, 0.1) is 19.3 Å². The van der Waals surface area contributed by atoms with E-state index in [2.05, 4.69) is 15.9 Å². The fourth-order valence-electron chi connectivity index (χ4n) is 0.887. The largest absolute Gasteiger partial charge is 0.310 e. The third-order valence-corrected chi connectivity index (χ3v) is 1.67. The number of hydrogen-bond acceptors (Lipinski definition) is 2. The first-order chi connectivity index (χ1) is 5.69. The molecule has 0 bridgehead atoms. The van der Waals surface area contributed by atoms with Crippen molar-refractivity contribution in [1.29, 1.82) is 0 Å². The average Bonchev–Trinajstić information content (AvgIpc) is 2.09. The molecule has 0 aliphatic rings. The molecule has 0 atom stereocenters. The van der Waals surface area contributed by atoms with Gasteiger partial charge in [0.15, 0.2) is 0 Å². The zero-order chi connectivity index (χ0) is 9.14. The fourth-order valence-corrected chi connectivity index (χ4v) is 0.887. The second-order valence-corrected chi connectivity index (χ2v) is 2.48. The number of terminal acetylenes is 1. The van der Waals surface area contributed by atoms with E-state index in [9.17, 15) is 4.79 Å². The molecule has 1 N–H and O–H groups in total. The summed E-state index contributed by atoms with van der Waals surface area (Å²) in [6.45, 7) is 3.58. The van der Waals surface area contributed by atoms with Crippen LogP contribution in [0.4, 0.5) is 0 Å². The van der Waals surface area contributed by atoms with Gasteiger partial charge in [-0.15, -0.1) is 6.42 Å². The van der Waals surface area contributed by atoms with Crippen molar-refractivity contribution in [2.75, 3.05) is 0 Å². The van der Waals surface area contributed by atoms with E-state index in [0.717, 1.165) is 0 Å². The van der Waals surface area contributed by atoms with Gasteiger partial charge in [-0.25, -0.2) is 4.98 Å². The maximum absolute atomic E-state index is 11.2. The molecule has 0 unspecified atom stereocenters. The van der Waals surface area contributed by atoms with Gasteiger partial charge in [-0.3, -0.25) is 4.79 Å². The maximum atomic E-state index is 11.2. The number of aryl methyl sites for hydroxylation is 1. The minimum absolute atomic E-state index is 0.144. The average molecular weight is 162 g/mol. The third kappa shape index (κ3) is 1.37. The molecule has 1 aromatic heterocycles. The Morgan fingerprint density at radius 1 is 1.67 bits per heavy atom. The molecular weight excluding hydrogens is 152 g/mol. The molecule has 0 amide bonds. The Hall–Kier alpha value is -1.56. The van der Waals surface area contributed by atoms with Crippen LogP contribution in [0.25, 0.3) is 0 Å². The highest BCUT2D eigenvalue weighted by molar-refractivity contribution is 5.31. The lowest BCUT2D eigenvalue weighted by molar-refractivity contribution is 0.899. The van der Waals surface area contributed by atoms with Gasteiger partial charge in [0.25, 0.3) is 5.56 Å². The smallest absolute Gasteiger partial charge is 0.255 e. The second kappa shape index (κ2) is 3.22. The van der Waals surface area contributed by atoms with Crippen molar-refractivity contribution >= 4 is 0 Å². The Labute approximate surface area is 70.9 Å². The van der Waals surface area contributed by atoms with Crippen molar-refractivity contribution in [3.63, 3.8) is 0 Å². The molecule has 1 heterocycles. The monoisotopic (exact) mass is 162 g/mol. The van der Waals surface area contributed by atoms with Crippen LogP contribution in [0.3, 0.4) is 0 Å². The number of aromatic nitrogens is 2. The number of hydrogen-bond donors (Lipinski definition) is 1. The molecule has 12 heavy (non-hydrogen) atoms. The molecule has 0 aromatic carbocycles. The lowest BCUT2D eigenvalue weighted by Gasteiger charge is -1.99. The zero-order valence-electron chi connectivity index (χ0n) is 7.14. The lowest BCUT2D eigenvalue weighted by Crippen LogP contribution is -2.16. The molecule has 0 aliphatic carbocycles. The topological polar surface area (TPSA) is 45.8 Å². The van der Waals surface area contributed by atoms with Crippen molar-refractivity contribution in [2.24, 2.45) is 0 Å². The van der Waals surface area contributed by atoms with Gasteiger partial charge in [-0.2, -0.15) is 0 Å². The maximum Gasteiger partial charge on any atom is 0.255 e. The summed E-state index contributed by atoms with van der Waals surface area (Å²) in [5, 5.41) is 0. The van der Waals surface area contributed by atoms with E-state index in [1.165, 1.54) is 0 Å². The molecule has 0 saturated heterocycles. The molecule has 0 fully saturated rings. The third-order valence-electron chi connectivity index (χ3n) is 1.67. The van der Waals surface area contributed by atoms with Crippen molar-refractivity contribution < 1.29 is 0 Å². The van der Waals surface area contributed by atoms with E-state index >= 15 is 0 Å². The van der Waals surface area contributed by atoms with Crippen LogP contribution < -0.4 is 5.56 Å². The molecule has 1 aromatic rings. The van der Waals surface area contributed by atoms with E-state index in [-0.39, 0.29) is 5.56 Å². The first-order valence-corrected chi connectivity index (χ1v) is 3.75. The predicted molar refractivity (Wildman–Crippen MR) is 46.9 cm³/mol. The Balaban J connectivity index is 3.42. The van der Waals surface area contributed by atoms with Crippen molar-refractivity contribution in [1.82, 2.24) is 9.97 Å². The molecule has 3 nitrogen and oxygen atoms in total. The molecule has 0 radical (unpaired) electrons. The van der Waals surface area contributed by atoms with Crippen molar-refractivity contribution in [3.8, 4) is 12.3 Å². The highest BCUT2D eigenvalue weighted by Gasteiger charge is 2.02. The van der Waals surface area contributed by atoms with Gasteiger partial charge >= 0.3 is 0 Å². The van der Waals surface area contributed by atoms with Gasteiger partial charge in [0.2, 0.25) is 0 Å². The molecule has 3 heteroatoms. The van der Waals surface area contributed by atoms with E-state index in [1.54, 1.807) is 6.92 Å². The van der Waals surface area contributed by atoms with Gasteiger partial charge in [-0.1, -0.05) is 6.92 Å². The van der Waals surface area contributed by atoms with E-state index < -0.39 is 0 Å². The van der Waals surface area contributed by atoms with Crippen LogP contribution in [-0.2, 0) is 6.42 Å². The summed E-state index contributed by atoms with van der Waals surface area (Å²) in [5.74, 6) is 3.02. The number of nitrogens with zero attached hydrogens (tertiary/aromatic N) is 1. The highest BCUT2D eigenvalue weighted by atomic mass is 16.1. The highest BCUT2D eigenvalue weighted by Crippen LogP contribution is 1.96. The zero-order valence-corrected chi connectivity index (χ0v) is 7.14. The molecule has 0 spiro atoms. The summed E-state index contributed by atoms with van der Waals surface area (Å²) in [5.41, 5.74) is 0.806. The normalized spacial score (nSPS) is 9.42. The first kappa shape index (κ1) is 8.54. The summed E-state index contributed by atoms with van der Waals surface area (Å²) in [6.07, 6.45) is 5.86. The Bertz CT molecular complexity index is 384. The SMILES string of the molecule is C#Cc1nc(CC)[nH]c(=O)c1C. The van der Waals surface area contributed by atoms with Gasteiger partial charge in [-0.05, 0) is 12.8 Å². The minimum Gasteiger partial charge on any atom is -0.310 e. The first-order valence-electron chi connectivity index (χ1n) is 3.75. The van der Waals surface area contributed by atoms with Crippen LogP contribution in [0.5, 0.6) is 0 Å². The quantitative estimate of drug-likeness (QED) is 0.615. The van der Waals surface area contributed by atoms with Crippen LogP contribution in [0.2, 0.25) is 0 Å². The van der Waals surface area contributed by atoms with E-state index in [4.69, 9.17) is 6.42 Å². The minimum atomic E-state index is -0.144. The number of rotatable bonds is 1. The van der Waals surface area contributed by atoms with Crippen LogP contribution in [-0.4, -0.2) is 9.97 Å². The molecule has 0 saturated carbocycles. The standard InChI is InChI=1S/C9H10N2O/c1-4-7-6(3)9(12)11-8(5-2)10-7/h1H,5H2,2-3H3,(H,10,11,12). The summed E-state index contributed by atoms with van der Waals surface area (Å²) in [4.78, 5) is 17.9. The van der Waals surface area contributed by atoms with Gasteiger partial charge in [0.05, 0.1) is 0 Å². The van der Waals surface area contributed by atoms with Crippen LogP contribution in [0.1, 0.15) is 24.0 Å². The predicted octanol–water partition coefficient (Wildman–Crippen LogP) is 0.622. The van der Waals surface area contributed by atoms with E-state index in [1.807, 2.05) is 6.92 Å². The number of aromatic amines is 1. The molecule has 62 valence electrons. The summed E-state index contributed by atoms with van der Waals surface area (Å²) < 4.78 is 0. The Kier molecular flexibility index (Phi) is 2.29. The van der Waals surface area contributed by atoms with Gasteiger partial charge in [0, 0.05) is 12.0 Å².